The zero-order chi connectivity index (χ0) is 17.6. The Balaban J connectivity index is 1.57. The zero-order valence-electron chi connectivity index (χ0n) is 13.3. The van der Waals surface area contributed by atoms with Gasteiger partial charge in [-0.05, 0) is 31.2 Å². The number of pyridine rings is 1. The molecule has 0 aliphatic heterocycles. The number of amides is 1. The number of anilines is 1. The summed E-state index contributed by atoms with van der Waals surface area (Å²) in [5, 5.41) is 10.9. The van der Waals surface area contributed by atoms with Gasteiger partial charge in [0, 0.05) is 29.2 Å². The van der Waals surface area contributed by atoms with Gasteiger partial charge in [0.2, 0.25) is 11.8 Å². The summed E-state index contributed by atoms with van der Waals surface area (Å²) in [6.07, 6.45) is 3.27. The predicted octanol–water partition coefficient (Wildman–Crippen LogP) is 3.07. The van der Waals surface area contributed by atoms with Crippen LogP contribution in [0.5, 0.6) is 0 Å². The number of benzene rings is 1. The van der Waals surface area contributed by atoms with E-state index < -0.39 is 0 Å². The maximum absolute atomic E-state index is 12.0. The lowest BCUT2D eigenvalue weighted by molar-refractivity contribution is -0.113. The third-order valence-electron chi connectivity index (χ3n) is 3.21. The first-order valence-electron chi connectivity index (χ1n) is 7.39. The number of carbonyl (C=O) groups is 2. The van der Waals surface area contributed by atoms with Crippen LogP contribution >= 0.6 is 11.8 Å². The van der Waals surface area contributed by atoms with Gasteiger partial charge in [0.1, 0.15) is 0 Å². The molecule has 0 bridgehead atoms. The highest BCUT2D eigenvalue weighted by atomic mass is 32.2. The third-order valence-corrected chi connectivity index (χ3v) is 4.03. The van der Waals surface area contributed by atoms with Crippen LogP contribution in [0, 0.1) is 0 Å². The van der Waals surface area contributed by atoms with Crippen LogP contribution < -0.4 is 5.32 Å². The van der Waals surface area contributed by atoms with Crippen molar-refractivity contribution in [2.45, 2.75) is 12.1 Å². The summed E-state index contributed by atoms with van der Waals surface area (Å²) in [6, 6.07) is 10.3. The Hall–Kier alpha value is -3.00. The van der Waals surface area contributed by atoms with Crippen LogP contribution in [0.25, 0.3) is 11.5 Å². The molecule has 1 N–H and O–H groups in total. The molecule has 0 saturated heterocycles. The van der Waals surface area contributed by atoms with Crippen molar-refractivity contribution in [2.24, 2.45) is 0 Å². The lowest BCUT2D eigenvalue weighted by Gasteiger charge is -2.05. The molecule has 2 aromatic heterocycles. The summed E-state index contributed by atoms with van der Waals surface area (Å²) in [4.78, 5) is 27.3. The van der Waals surface area contributed by atoms with Crippen molar-refractivity contribution < 1.29 is 14.0 Å². The van der Waals surface area contributed by atoms with Crippen LogP contribution in [0.15, 0.2) is 58.4 Å². The number of aromatic nitrogens is 3. The van der Waals surface area contributed by atoms with E-state index >= 15 is 0 Å². The van der Waals surface area contributed by atoms with Crippen LogP contribution in [0.1, 0.15) is 17.3 Å². The molecule has 0 aliphatic carbocycles. The molecule has 0 unspecified atom stereocenters. The van der Waals surface area contributed by atoms with Gasteiger partial charge in [0.15, 0.2) is 5.78 Å². The second kappa shape index (κ2) is 7.71. The van der Waals surface area contributed by atoms with Gasteiger partial charge >= 0.3 is 0 Å². The lowest BCUT2D eigenvalue weighted by atomic mass is 10.1. The van der Waals surface area contributed by atoms with Crippen LogP contribution in [0.4, 0.5) is 5.69 Å². The Labute approximate surface area is 147 Å². The first-order chi connectivity index (χ1) is 12.1. The second-order valence-corrected chi connectivity index (χ2v) is 6.01. The quantitative estimate of drug-likeness (QED) is 0.536. The van der Waals surface area contributed by atoms with Crippen LogP contribution in [-0.4, -0.2) is 32.6 Å². The molecule has 0 atom stereocenters. The van der Waals surface area contributed by atoms with E-state index in [4.69, 9.17) is 4.42 Å². The van der Waals surface area contributed by atoms with Gasteiger partial charge in [-0.2, -0.15) is 0 Å². The van der Waals surface area contributed by atoms with Crippen molar-refractivity contribution in [1.82, 2.24) is 15.2 Å². The smallest absolute Gasteiger partial charge is 0.277 e. The average Bonchev–Trinajstić information content (AvgIpc) is 3.10. The molecule has 3 aromatic rings. The van der Waals surface area contributed by atoms with Gasteiger partial charge in [0.25, 0.3) is 5.22 Å². The minimum atomic E-state index is -0.227. The number of ketones is 1. The normalized spacial score (nSPS) is 10.4. The Bertz CT molecular complexity index is 896. The lowest BCUT2D eigenvalue weighted by Crippen LogP contribution is -2.14. The molecule has 126 valence electrons. The highest BCUT2D eigenvalue weighted by Crippen LogP contribution is 2.22. The molecule has 1 amide bonds. The highest BCUT2D eigenvalue weighted by molar-refractivity contribution is 7.99. The summed E-state index contributed by atoms with van der Waals surface area (Å²) >= 11 is 1.14. The average molecular weight is 354 g/mol. The summed E-state index contributed by atoms with van der Waals surface area (Å²) in [7, 11) is 0. The first kappa shape index (κ1) is 16.8. The van der Waals surface area contributed by atoms with E-state index in [1.54, 1.807) is 48.8 Å². The standard InChI is InChI=1S/C17H14N4O3S/c1-11(22)13-3-2-4-14(9-13)19-15(23)10-25-17-21-20-16(24-17)12-5-7-18-8-6-12/h2-9H,10H2,1H3,(H,19,23). The molecule has 8 heteroatoms. The Morgan fingerprint density at radius 3 is 2.72 bits per heavy atom. The Morgan fingerprint density at radius 1 is 1.16 bits per heavy atom. The number of Topliss-reactive ketones (excluding diaryl/α,β-unsaturated/α-hetero) is 1. The fraction of sp³-hybridized carbons (Fsp3) is 0.118. The first-order valence-corrected chi connectivity index (χ1v) is 8.38. The Morgan fingerprint density at radius 2 is 1.96 bits per heavy atom. The SMILES string of the molecule is CC(=O)c1cccc(NC(=O)CSc2nnc(-c3ccncc3)o2)c1. The largest absolute Gasteiger partial charge is 0.411 e. The van der Waals surface area contributed by atoms with E-state index in [1.807, 2.05) is 0 Å². The molecule has 0 saturated carbocycles. The van der Waals surface area contributed by atoms with Gasteiger partial charge in [0.05, 0.1) is 5.75 Å². The summed E-state index contributed by atoms with van der Waals surface area (Å²) in [5.74, 6) is 0.205. The molecule has 0 spiro atoms. The highest BCUT2D eigenvalue weighted by Gasteiger charge is 2.11. The van der Waals surface area contributed by atoms with Crippen LogP contribution in [0.2, 0.25) is 0 Å². The maximum atomic E-state index is 12.0. The molecule has 3 rings (SSSR count). The summed E-state index contributed by atoms with van der Waals surface area (Å²) < 4.78 is 5.51. The summed E-state index contributed by atoms with van der Waals surface area (Å²) in [6.45, 7) is 1.48. The molecule has 0 aliphatic rings. The van der Waals surface area contributed by atoms with Gasteiger partial charge in [-0.1, -0.05) is 23.9 Å². The van der Waals surface area contributed by atoms with Gasteiger partial charge in [-0.15, -0.1) is 10.2 Å². The predicted molar refractivity (Wildman–Crippen MR) is 93.3 cm³/mol. The van der Waals surface area contributed by atoms with Gasteiger partial charge in [-0.25, -0.2) is 0 Å². The van der Waals surface area contributed by atoms with Crippen molar-refractivity contribution in [3.8, 4) is 11.5 Å². The van der Waals surface area contributed by atoms with E-state index in [1.165, 1.54) is 6.92 Å². The fourth-order valence-corrected chi connectivity index (χ4v) is 2.58. The zero-order valence-corrected chi connectivity index (χ0v) is 14.1. The second-order valence-electron chi connectivity index (χ2n) is 5.08. The van der Waals surface area contributed by atoms with Crippen molar-refractivity contribution in [1.29, 1.82) is 0 Å². The summed E-state index contributed by atoms with van der Waals surface area (Å²) in [5.41, 5.74) is 1.88. The Kier molecular flexibility index (Phi) is 5.20. The molecule has 25 heavy (non-hydrogen) atoms. The van der Waals surface area contributed by atoms with Crippen molar-refractivity contribution in [3.05, 3.63) is 54.4 Å². The molecular weight excluding hydrogens is 340 g/mol. The van der Waals surface area contributed by atoms with Crippen molar-refractivity contribution in [3.63, 3.8) is 0 Å². The van der Waals surface area contributed by atoms with E-state index in [2.05, 4.69) is 20.5 Å². The minimum absolute atomic E-state index is 0.0556. The molecule has 1 aromatic carbocycles. The van der Waals surface area contributed by atoms with E-state index in [9.17, 15) is 9.59 Å². The van der Waals surface area contributed by atoms with Crippen molar-refractivity contribution >= 4 is 29.1 Å². The van der Waals surface area contributed by atoms with Crippen molar-refractivity contribution in [2.75, 3.05) is 11.1 Å². The fourth-order valence-electron chi connectivity index (χ4n) is 2.02. The molecule has 2 heterocycles. The van der Waals surface area contributed by atoms with Crippen LogP contribution in [-0.2, 0) is 4.79 Å². The number of nitrogens with one attached hydrogen (secondary N) is 1. The third kappa shape index (κ3) is 4.51. The number of carbonyl (C=O) groups excluding carboxylic acids is 2. The number of thioether (sulfide) groups is 1. The van der Waals surface area contributed by atoms with E-state index in [0.717, 1.165) is 17.3 Å². The maximum Gasteiger partial charge on any atom is 0.277 e. The molecule has 0 radical (unpaired) electrons. The monoisotopic (exact) mass is 354 g/mol. The number of rotatable bonds is 6. The topological polar surface area (TPSA) is 98.0 Å². The van der Waals surface area contributed by atoms with E-state index in [0.29, 0.717) is 22.4 Å². The van der Waals surface area contributed by atoms with E-state index in [-0.39, 0.29) is 17.4 Å². The molecule has 7 nitrogen and oxygen atoms in total. The number of hydrogen-bond acceptors (Lipinski definition) is 7. The number of hydrogen-bond donors (Lipinski definition) is 1. The molecule has 0 fully saturated rings. The van der Waals surface area contributed by atoms with Gasteiger partial charge in [-0.3, -0.25) is 14.6 Å². The molecular formula is C17H14N4O3S. The minimum Gasteiger partial charge on any atom is -0.411 e. The number of nitrogens with zero attached hydrogens (tertiary/aromatic N) is 3. The van der Waals surface area contributed by atoms with Gasteiger partial charge < -0.3 is 9.73 Å². The van der Waals surface area contributed by atoms with Crippen LogP contribution in [0.3, 0.4) is 0 Å².